The van der Waals surface area contributed by atoms with E-state index in [9.17, 15) is 0 Å². The van der Waals surface area contributed by atoms with Gasteiger partial charge < -0.3 is 5.11 Å². The number of allylic oxidation sites excluding steroid dienone is 3. The van der Waals surface area contributed by atoms with E-state index in [-0.39, 0.29) is 32.7 Å². The SMILES string of the molecule is OC1=CC=CC1.[Y]. The molecule has 1 aliphatic rings. The minimum absolute atomic E-state index is 0. The normalized spacial score (nSPS) is 15.7. The number of aliphatic hydroxyl groups is 1. The van der Waals surface area contributed by atoms with Gasteiger partial charge in [-0.2, -0.15) is 0 Å². The molecule has 0 aliphatic heterocycles. The Hall–Kier alpha value is 0.384. The quantitative estimate of drug-likeness (QED) is 0.583. The van der Waals surface area contributed by atoms with Crippen molar-refractivity contribution in [3.05, 3.63) is 24.0 Å². The maximum absolute atomic E-state index is 8.53. The Balaban J connectivity index is 0.000000360. The van der Waals surface area contributed by atoms with Crippen molar-refractivity contribution in [2.75, 3.05) is 0 Å². The van der Waals surface area contributed by atoms with Crippen LogP contribution in [0.15, 0.2) is 24.0 Å². The molecule has 1 nitrogen and oxygen atoms in total. The molecule has 0 spiro atoms. The molecule has 7 heavy (non-hydrogen) atoms. The molecule has 0 saturated carbocycles. The van der Waals surface area contributed by atoms with Gasteiger partial charge in [-0.25, -0.2) is 0 Å². The molecule has 0 bridgehead atoms. The van der Waals surface area contributed by atoms with Gasteiger partial charge in [-0.15, -0.1) is 0 Å². The van der Waals surface area contributed by atoms with Crippen molar-refractivity contribution < 1.29 is 37.8 Å². The second kappa shape index (κ2) is 3.39. The summed E-state index contributed by atoms with van der Waals surface area (Å²) in [5.74, 6) is 0.468. The van der Waals surface area contributed by atoms with Crippen LogP contribution in [0, 0.1) is 0 Å². The maximum atomic E-state index is 8.53. The molecule has 0 amide bonds. The fraction of sp³-hybridized carbons (Fsp3) is 0.200. The van der Waals surface area contributed by atoms with Gasteiger partial charge in [0.25, 0.3) is 0 Å². The Morgan fingerprint density at radius 3 is 2.43 bits per heavy atom. The molecule has 0 unspecified atom stereocenters. The average molecular weight is 171 g/mol. The van der Waals surface area contributed by atoms with Gasteiger partial charge in [0.05, 0.1) is 5.76 Å². The molecule has 0 aromatic heterocycles. The first-order chi connectivity index (χ1) is 2.89. The van der Waals surface area contributed by atoms with E-state index >= 15 is 0 Å². The van der Waals surface area contributed by atoms with Crippen LogP contribution in [0.25, 0.3) is 0 Å². The first kappa shape index (κ1) is 7.38. The van der Waals surface area contributed by atoms with E-state index in [0.717, 1.165) is 6.42 Å². The molecular weight excluding hydrogens is 165 g/mol. The predicted octanol–water partition coefficient (Wildman–Crippen LogP) is 1.39. The van der Waals surface area contributed by atoms with E-state index < -0.39 is 0 Å². The zero-order valence-electron chi connectivity index (χ0n) is 3.96. The average Bonchev–Trinajstić information content (AvgIpc) is 1.86. The van der Waals surface area contributed by atoms with E-state index in [2.05, 4.69) is 0 Å². The van der Waals surface area contributed by atoms with Gasteiger partial charge in [0.15, 0.2) is 0 Å². The summed E-state index contributed by atoms with van der Waals surface area (Å²) in [7, 11) is 0. The summed E-state index contributed by atoms with van der Waals surface area (Å²) < 4.78 is 0. The van der Waals surface area contributed by atoms with Crippen molar-refractivity contribution in [1.82, 2.24) is 0 Å². The van der Waals surface area contributed by atoms with Crippen molar-refractivity contribution in [3.63, 3.8) is 0 Å². The minimum atomic E-state index is 0. The maximum Gasteiger partial charge on any atom is 0.0960 e. The van der Waals surface area contributed by atoms with Gasteiger partial charge in [0, 0.05) is 39.1 Å². The van der Waals surface area contributed by atoms with Crippen LogP contribution in [0.2, 0.25) is 0 Å². The molecule has 0 atom stereocenters. The van der Waals surface area contributed by atoms with Crippen LogP contribution in [0.1, 0.15) is 6.42 Å². The van der Waals surface area contributed by atoms with Crippen molar-refractivity contribution in [2.24, 2.45) is 0 Å². The first-order valence-electron chi connectivity index (χ1n) is 1.94. The summed E-state index contributed by atoms with van der Waals surface area (Å²) in [6, 6.07) is 0. The van der Waals surface area contributed by atoms with E-state index in [0.29, 0.717) is 5.76 Å². The van der Waals surface area contributed by atoms with Crippen molar-refractivity contribution in [2.45, 2.75) is 6.42 Å². The van der Waals surface area contributed by atoms with Crippen LogP contribution in [0.4, 0.5) is 0 Å². The van der Waals surface area contributed by atoms with E-state index in [1.165, 1.54) is 0 Å². The van der Waals surface area contributed by atoms with Gasteiger partial charge in [0.1, 0.15) is 0 Å². The number of aliphatic hydroxyl groups excluding tert-OH is 1. The number of hydrogen-bond donors (Lipinski definition) is 1. The van der Waals surface area contributed by atoms with Crippen LogP contribution in [0.5, 0.6) is 0 Å². The molecule has 0 saturated heterocycles. The van der Waals surface area contributed by atoms with Gasteiger partial charge in [-0.3, -0.25) is 0 Å². The summed E-state index contributed by atoms with van der Waals surface area (Å²) in [5.41, 5.74) is 0. The summed E-state index contributed by atoms with van der Waals surface area (Å²) in [4.78, 5) is 0. The topological polar surface area (TPSA) is 20.2 Å². The van der Waals surface area contributed by atoms with Crippen molar-refractivity contribution >= 4 is 0 Å². The third-order valence-electron chi connectivity index (χ3n) is 0.752. The van der Waals surface area contributed by atoms with E-state index in [1.54, 1.807) is 6.08 Å². The third-order valence-corrected chi connectivity index (χ3v) is 0.752. The summed E-state index contributed by atoms with van der Waals surface area (Å²) >= 11 is 0. The van der Waals surface area contributed by atoms with E-state index in [4.69, 9.17) is 5.11 Å². The Kier molecular flexibility index (Phi) is 3.58. The van der Waals surface area contributed by atoms with Crippen molar-refractivity contribution in [1.29, 1.82) is 0 Å². The Morgan fingerprint density at radius 2 is 2.29 bits per heavy atom. The van der Waals surface area contributed by atoms with Crippen LogP contribution in [-0.4, -0.2) is 5.11 Å². The largest absolute Gasteiger partial charge is 0.512 e. The molecule has 0 heterocycles. The minimum Gasteiger partial charge on any atom is -0.512 e. The molecule has 2 heteroatoms. The summed E-state index contributed by atoms with van der Waals surface area (Å²) in [6.07, 6.45) is 6.17. The monoisotopic (exact) mass is 171 g/mol. The molecule has 0 aromatic rings. The van der Waals surface area contributed by atoms with Crippen LogP contribution < -0.4 is 0 Å². The fourth-order valence-corrected chi connectivity index (χ4v) is 0.436. The van der Waals surface area contributed by atoms with Gasteiger partial charge >= 0.3 is 0 Å². The number of hydrogen-bond acceptors (Lipinski definition) is 1. The fourth-order valence-electron chi connectivity index (χ4n) is 0.436. The van der Waals surface area contributed by atoms with Gasteiger partial charge in [0.2, 0.25) is 0 Å². The predicted molar refractivity (Wildman–Crippen MR) is 24.5 cm³/mol. The van der Waals surface area contributed by atoms with E-state index in [1.807, 2.05) is 12.2 Å². The molecule has 1 rings (SSSR count). The first-order valence-corrected chi connectivity index (χ1v) is 1.94. The molecule has 1 aliphatic carbocycles. The summed E-state index contributed by atoms with van der Waals surface area (Å²) in [6.45, 7) is 0. The second-order valence-corrected chi connectivity index (χ2v) is 1.29. The molecule has 35 valence electrons. The molecule has 1 N–H and O–H groups in total. The Bertz CT molecular complexity index is 105. The van der Waals surface area contributed by atoms with Gasteiger partial charge in [-0.1, -0.05) is 12.2 Å². The standard InChI is InChI=1S/C5H6O.Y/c6-5-3-1-2-4-5;/h1-3,6H,4H2;. The zero-order valence-corrected chi connectivity index (χ0v) is 6.80. The van der Waals surface area contributed by atoms with Crippen molar-refractivity contribution in [3.8, 4) is 0 Å². The van der Waals surface area contributed by atoms with Gasteiger partial charge in [-0.05, 0) is 6.08 Å². The Labute approximate surface area is 68.0 Å². The molecule has 1 radical (unpaired) electrons. The van der Waals surface area contributed by atoms with Crippen LogP contribution >= 0.6 is 0 Å². The molecule has 0 fully saturated rings. The summed E-state index contributed by atoms with van der Waals surface area (Å²) in [5, 5.41) is 8.53. The smallest absolute Gasteiger partial charge is 0.0960 e. The zero-order chi connectivity index (χ0) is 4.41. The van der Waals surface area contributed by atoms with Crippen LogP contribution in [-0.2, 0) is 32.7 Å². The van der Waals surface area contributed by atoms with Crippen LogP contribution in [0.3, 0.4) is 0 Å². The Morgan fingerprint density at radius 1 is 1.57 bits per heavy atom. The second-order valence-electron chi connectivity index (χ2n) is 1.29. The number of rotatable bonds is 0. The molecular formula is C5H6OY. The molecule has 0 aromatic carbocycles. The third kappa shape index (κ3) is 2.25.